The zero-order valence-electron chi connectivity index (χ0n) is 9.91. The van der Waals surface area contributed by atoms with Gasteiger partial charge in [0.1, 0.15) is 6.04 Å². The van der Waals surface area contributed by atoms with Crippen LogP contribution in [0.25, 0.3) is 10.9 Å². The molecule has 2 aromatic rings. The largest absolute Gasteiger partial charge is 0.480 e. The van der Waals surface area contributed by atoms with Crippen molar-refractivity contribution in [2.75, 3.05) is 11.4 Å². The second-order valence-electron chi connectivity index (χ2n) is 4.54. The molecule has 1 aromatic carbocycles. The van der Waals surface area contributed by atoms with Crippen LogP contribution in [0.15, 0.2) is 36.5 Å². The minimum Gasteiger partial charge on any atom is -0.480 e. The molecule has 2 heterocycles. The Bertz CT molecular complexity index is 592. The van der Waals surface area contributed by atoms with E-state index in [0.29, 0.717) is 6.42 Å². The Morgan fingerprint density at radius 1 is 1.33 bits per heavy atom. The first kappa shape index (κ1) is 11.0. The normalized spacial score (nSPS) is 19.3. The summed E-state index contributed by atoms with van der Waals surface area (Å²) >= 11 is 0. The smallest absolute Gasteiger partial charge is 0.326 e. The van der Waals surface area contributed by atoms with Gasteiger partial charge in [-0.1, -0.05) is 18.2 Å². The van der Waals surface area contributed by atoms with E-state index in [9.17, 15) is 9.90 Å². The van der Waals surface area contributed by atoms with E-state index in [-0.39, 0.29) is 0 Å². The first-order valence-electron chi connectivity index (χ1n) is 6.10. The summed E-state index contributed by atoms with van der Waals surface area (Å²) in [6.45, 7) is 0.797. The van der Waals surface area contributed by atoms with E-state index in [1.807, 2.05) is 35.2 Å². The van der Waals surface area contributed by atoms with Crippen molar-refractivity contribution in [3.63, 3.8) is 0 Å². The molecule has 0 bridgehead atoms. The van der Waals surface area contributed by atoms with E-state index in [2.05, 4.69) is 4.98 Å². The Balaban J connectivity index is 2.11. The Morgan fingerprint density at radius 2 is 2.17 bits per heavy atom. The van der Waals surface area contributed by atoms with E-state index >= 15 is 0 Å². The molecule has 1 atom stereocenters. The highest BCUT2D eigenvalue weighted by Crippen LogP contribution is 2.31. The molecule has 3 rings (SSSR count). The fraction of sp³-hybridized carbons (Fsp3) is 0.286. The molecule has 1 aliphatic heterocycles. The molecule has 0 amide bonds. The summed E-state index contributed by atoms with van der Waals surface area (Å²) in [7, 11) is 0. The highest BCUT2D eigenvalue weighted by Gasteiger charge is 2.31. The maximum atomic E-state index is 11.3. The first-order chi connectivity index (χ1) is 8.77. The van der Waals surface area contributed by atoms with Crippen molar-refractivity contribution in [2.45, 2.75) is 18.9 Å². The van der Waals surface area contributed by atoms with Crippen molar-refractivity contribution in [2.24, 2.45) is 0 Å². The third kappa shape index (κ3) is 1.70. The third-order valence-electron chi connectivity index (χ3n) is 3.47. The number of anilines is 1. The van der Waals surface area contributed by atoms with Gasteiger partial charge in [-0.15, -0.1) is 0 Å². The monoisotopic (exact) mass is 242 g/mol. The molecule has 0 spiro atoms. The number of hydrogen-bond donors (Lipinski definition) is 1. The summed E-state index contributed by atoms with van der Waals surface area (Å²) in [6, 6.07) is 9.34. The number of carboxylic acid groups (broad SMARTS) is 1. The zero-order valence-corrected chi connectivity index (χ0v) is 9.91. The molecule has 1 N–H and O–H groups in total. The van der Waals surface area contributed by atoms with Crippen molar-refractivity contribution in [1.82, 2.24) is 4.98 Å². The number of nitrogens with zero attached hydrogens (tertiary/aromatic N) is 2. The van der Waals surface area contributed by atoms with E-state index in [1.54, 1.807) is 6.20 Å². The molecule has 0 radical (unpaired) electrons. The molecule has 1 saturated heterocycles. The molecule has 18 heavy (non-hydrogen) atoms. The number of rotatable bonds is 2. The van der Waals surface area contributed by atoms with Gasteiger partial charge in [-0.05, 0) is 25.0 Å². The highest BCUT2D eigenvalue weighted by atomic mass is 16.4. The lowest BCUT2D eigenvalue weighted by atomic mass is 10.1. The standard InChI is InChI=1S/C14H14N2O2/c17-14(18)13-6-3-9-16(13)12-7-8-15-11-5-2-1-4-10(11)12/h1-2,4-5,7-8,13H,3,6,9H2,(H,17,18)/t13-/m1/s1. The van der Waals surface area contributed by atoms with Gasteiger partial charge in [0, 0.05) is 23.8 Å². The van der Waals surface area contributed by atoms with E-state index in [1.165, 1.54) is 0 Å². The number of carboxylic acids is 1. The SMILES string of the molecule is O=C(O)[C@H]1CCCN1c1ccnc2ccccc12. The quantitative estimate of drug-likeness (QED) is 0.877. The summed E-state index contributed by atoms with van der Waals surface area (Å²) in [4.78, 5) is 17.6. The Labute approximate surface area is 105 Å². The van der Waals surface area contributed by atoms with Gasteiger partial charge < -0.3 is 10.0 Å². The van der Waals surface area contributed by atoms with Crippen molar-refractivity contribution < 1.29 is 9.90 Å². The number of pyridine rings is 1. The minimum atomic E-state index is -0.742. The number of aliphatic carboxylic acids is 1. The van der Waals surface area contributed by atoms with Gasteiger partial charge in [0.25, 0.3) is 0 Å². The molecule has 0 aliphatic carbocycles. The van der Waals surface area contributed by atoms with E-state index in [0.717, 1.165) is 29.6 Å². The lowest BCUT2D eigenvalue weighted by molar-refractivity contribution is -0.138. The number of hydrogen-bond acceptors (Lipinski definition) is 3. The summed E-state index contributed by atoms with van der Waals surface area (Å²) in [5.41, 5.74) is 1.89. The minimum absolute atomic E-state index is 0.407. The maximum absolute atomic E-state index is 11.3. The van der Waals surface area contributed by atoms with E-state index in [4.69, 9.17) is 0 Å². The fourth-order valence-electron chi connectivity index (χ4n) is 2.64. The maximum Gasteiger partial charge on any atom is 0.326 e. The van der Waals surface area contributed by atoms with Crippen LogP contribution in [0.3, 0.4) is 0 Å². The molecule has 1 fully saturated rings. The molecular weight excluding hydrogens is 228 g/mol. The molecule has 4 heteroatoms. The summed E-state index contributed by atoms with van der Waals surface area (Å²) < 4.78 is 0. The summed E-state index contributed by atoms with van der Waals surface area (Å²) in [5, 5.41) is 10.3. The van der Waals surface area contributed by atoms with Gasteiger partial charge in [0.15, 0.2) is 0 Å². The lowest BCUT2D eigenvalue weighted by Crippen LogP contribution is -2.35. The van der Waals surface area contributed by atoms with Gasteiger partial charge in [-0.3, -0.25) is 4.98 Å². The molecular formula is C14H14N2O2. The number of aromatic nitrogens is 1. The Hall–Kier alpha value is -2.10. The van der Waals surface area contributed by atoms with Gasteiger partial charge in [-0.2, -0.15) is 0 Å². The lowest BCUT2D eigenvalue weighted by Gasteiger charge is -2.24. The highest BCUT2D eigenvalue weighted by molar-refractivity contribution is 5.93. The number of para-hydroxylation sites is 1. The van der Waals surface area contributed by atoms with Crippen molar-refractivity contribution in [3.8, 4) is 0 Å². The van der Waals surface area contributed by atoms with Gasteiger partial charge in [0.05, 0.1) is 5.52 Å². The summed E-state index contributed by atoms with van der Waals surface area (Å²) in [5.74, 6) is -0.742. The van der Waals surface area contributed by atoms with Crippen LogP contribution in [0.2, 0.25) is 0 Å². The molecule has 0 unspecified atom stereocenters. The molecule has 92 valence electrons. The number of fused-ring (bicyclic) bond motifs is 1. The van der Waals surface area contributed by atoms with Crippen molar-refractivity contribution in [3.05, 3.63) is 36.5 Å². The first-order valence-corrected chi connectivity index (χ1v) is 6.10. The number of carbonyl (C=O) groups is 1. The molecule has 0 saturated carbocycles. The predicted octanol–water partition coefficient (Wildman–Crippen LogP) is 2.29. The van der Waals surface area contributed by atoms with Crippen LogP contribution in [0.4, 0.5) is 5.69 Å². The van der Waals surface area contributed by atoms with Crippen molar-refractivity contribution >= 4 is 22.6 Å². The van der Waals surface area contributed by atoms with Gasteiger partial charge >= 0.3 is 5.97 Å². The Kier molecular flexibility index (Phi) is 2.63. The average molecular weight is 242 g/mol. The number of benzene rings is 1. The van der Waals surface area contributed by atoms with Crippen LogP contribution in [-0.4, -0.2) is 28.6 Å². The van der Waals surface area contributed by atoms with Crippen molar-refractivity contribution in [1.29, 1.82) is 0 Å². The van der Waals surface area contributed by atoms with Crippen LogP contribution in [0.1, 0.15) is 12.8 Å². The summed E-state index contributed by atoms with van der Waals surface area (Å²) in [6.07, 6.45) is 3.38. The second-order valence-corrected chi connectivity index (χ2v) is 4.54. The topological polar surface area (TPSA) is 53.4 Å². The zero-order chi connectivity index (χ0) is 12.5. The van der Waals surface area contributed by atoms with Crippen LogP contribution in [-0.2, 0) is 4.79 Å². The predicted molar refractivity (Wildman–Crippen MR) is 69.7 cm³/mol. The van der Waals surface area contributed by atoms with Crippen LogP contribution >= 0.6 is 0 Å². The molecule has 4 nitrogen and oxygen atoms in total. The van der Waals surface area contributed by atoms with Crippen LogP contribution in [0, 0.1) is 0 Å². The Morgan fingerprint density at radius 3 is 3.00 bits per heavy atom. The molecule has 1 aromatic heterocycles. The van der Waals surface area contributed by atoms with Gasteiger partial charge in [-0.25, -0.2) is 4.79 Å². The van der Waals surface area contributed by atoms with Gasteiger partial charge in [0.2, 0.25) is 0 Å². The molecule has 1 aliphatic rings. The third-order valence-corrected chi connectivity index (χ3v) is 3.47. The van der Waals surface area contributed by atoms with Crippen LogP contribution in [0.5, 0.6) is 0 Å². The van der Waals surface area contributed by atoms with E-state index < -0.39 is 12.0 Å². The van der Waals surface area contributed by atoms with Crippen LogP contribution < -0.4 is 4.90 Å². The fourth-order valence-corrected chi connectivity index (χ4v) is 2.64. The second kappa shape index (κ2) is 4.29. The average Bonchev–Trinajstić information content (AvgIpc) is 2.87.